The Morgan fingerprint density at radius 1 is 1.16 bits per heavy atom. The van der Waals surface area contributed by atoms with E-state index >= 15 is 0 Å². The van der Waals surface area contributed by atoms with E-state index in [0.29, 0.717) is 24.4 Å². The molecule has 0 saturated carbocycles. The van der Waals surface area contributed by atoms with E-state index in [4.69, 9.17) is 9.72 Å². The van der Waals surface area contributed by atoms with Gasteiger partial charge >= 0.3 is 0 Å². The standard InChI is InChI=1S/C29H30N6O3/c1-33(12-15-36)29(37)25-9-2-20-18-21(3-8-24(20)25)26-19-35-11-10-30-28(35)27(32-26)31-22-4-6-23(7-5-22)34-13-16-38-17-14-34/h3-11,18-19,36H,2,12-17H2,1H3,(H,31,32). The van der Waals surface area contributed by atoms with Gasteiger partial charge in [-0.15, -0.1) is 0 Å². The number of morpholine rings is 1. The molecule has 4 aromatic rings. The Morgan fingerprint density at radius 3 is 2.76 bits per heavy atom. The molecule has 9 heteroatoms. The summed E-state index contributed by atoms with van der Waals surface area (Å²) in [6, 6.07) is 14.5. The molecule has 6 rings (SSSR count). The second-order valence-electron chi connectivity index (χ2n) is 9.55. The number of aromatic nitrogens is 3. The van der Waals surface area contributed by atoms with E-state index in [1.165, 1.54) is 5.69 Å². The highest BCUT2D eigenvalue weighted by molar-refractivity contribution is 6.20. The van der Waals surface area contributed by atoms with Crippen molar-refractivity contribution in [1.29, 1.82) is 0 Å². The van der Waals surface area contributed by atoms with E-state index in [-0.39, 0.29) is 12.5 Å². The number of benzene rings is 2. The molecular weight excluding hydrogens is 480 g/mol. The van der Waals surface area contributed by atoms with Crippen LogP contribution in [-0.2, 0) is 16.0 Å². The summed E-state index contributed by atoms with van der Waals surface area (Å²) >= 11 is 0. The maximum atomic E-state index is 12.8. The maximum Gasteiger partial charge on any atom is 0.253 e. The highest BCUT2D eigenvalue weighted by Crippen LogP contribution is 2.33. The Morgan fingerprint density at radius 2 is 1.97 bits per heavy atom. The molecule has 2 aliphatic rings. The third-order valence-corrected chi connectivity index (χ3v) is 7.11. The highest BCUT2D eigenvalue weighted by atomic mass is 16.5. The fourth-order valence-electron chi connectivity index (χ4n) is 5.03. The van der Waals surface area contributed by atoms with E-state index in [1.807, 2.05) is 35.0 Å². The number of rotatable bonds is 7. The van der Waals surface area contributed by atoms with Gasteiger partial charge in [-0.2, -0.15) is 0 Å². The molecule has 2 aromatic carbocycles. The van der Waals surface area contributed by atoms with Crippen LogP contribution in [0.2, 0.25) is 0 Å². The lowest BCUT2D eigenvalue weighted by Gasteiger charge is -2.28. The summed E-state index contributed by atoms with van der Waals surface area (Å²) in [5, 5.41) is 12.6. The largest absolute Gasteiger partial charge is 0.395 e. The number of amides is 1. The first kappa shape index (κ1) is 24.1. The molecule has 1 amide bonds. The Bertz CT molecular complexity index is 1500. The average Bonchev–Trinajstić information content (AvgIpc) is 3.61. The number of ether oxygens (including phenoxy) is 1. The minimum Gasteiger partial charge on any atom is -0.395 e. The van der Waals surface area contributed by atoms with Gasteiger partial charge < -0.3 is 29.4 Å². The molecule has 2 aromatic heterocycles. The normalized spacial score (nSPS) is 14.9. The van der Waals surface area contributed by atoms with E-state index in [1.54, 1.807) is 18.1 Å². The van der Waals surface area contributed by atoms with Crippen molar-refractivity contribution in [2.24, 2.45) is 0 Å². The van der Waals surface area contributed by atoms with E-state index in [2.05, 4.69) is 45.5 Å². The number of nitrogens with zero attached hydrogens (tertiary/aromatic N) is 5. The van der Waals surface area contributed by atoms with Gasteiger partial charge in [0.2, 0.25) is 0 Å². The molecule has 9 nitrogen and oxygen atoms in total. The number of allylic oxidation sites excluding steroid dienone is 1. The SMILES string of the molecule is CN(CCO)C(=O)C1=CCc2cc(-c3cn4ccnc4c(Nc4ccc(N5CCOCC5)cc4)n3)ccc21. The molecule has 3 heterocycles. The van der Waals surface area contributed by atoms with Crippen LogP contribution in [0.3, 0.4) is 0 Å². The zero-order valence-electron chi connectivity index (χ0n) is 21.3. The van der Waals surface area contributed by atoms with Crippen molar-refractivity contribution in [3.8, 4) is 11.3 Å². The lowest BCUT2D eigenvalue weighted by Crippen LogP contribution is -2.36. The van der Waals surface area contributed by atoms with Gasteiger partial charge in [-0.25, -0.2) is 9.97 Å². The summed E-state index contributed by atoms with van der Waals surface area (Å²) in [6.45, 7) is 3.56. The number of nitrogens with one attached hydrogen (secondary N) is 1. The van der Waals surface area contributed by atoms with Gasteiger partial charge in [-0.1, -0.05) is 18.2 Å². The lowest BCUT2D eigenvalue weighted by atomic mass is 10.0. The molecule has 1 saturated heterocycles. The number of anilines is 3. The van der Waals surface area contributed by atoms with Crippen LogP contribution in [0.15, 0.2) is 67.1 Å². The first-order valence-corrected chi connectivity index (χ1v) is 12.8. The minimum atomic E-state index is -0.0744. The minimum absolute atomic E-state index is 0.0574. The first-order chi connectivity index (χ1) is 18.6. The number of imidazole rings is 1. The second-order valence-corrected chi connectivity index (χ2v) is 9.55. The fourth-order valence-corrected chi connectivity index (χ4v) is 5.03. The van der Waals surface area contributed by atoms with Crippen molar-refractivity contribution in [1.82, 2.24) is 19.3 Å². The van der Waals surface area contributed by atoms with Gasteiger partial charge in [0.05, 0.1) is 25.5 Å². The third-order valence-electron chi connectivity index (χ3n) is 7.11. The Hall–Kier alpha value is -4.21. The molecule has 1 fully saturated rings. The van der Waals surface area contributed by atoms with Crippen LogP contribution in [-0.4, -0.2) is 76.8 Å². The predicted molar refractivity (Wildman–Crippen MR) is 148 cm³/mol. The van der Waals surface area contributed by atoms with Crippen LogP contribution in [0.5, 0.6) is 0 Å². The second kappa shape index (κ2) is 10.3. The van der Waals surface area contributed by atoms with E-state index in [9.17, 15) is 9.90 Å². The van der Waals surface area contributed by atoms with Gasteiger partial charge in [-0.05, 0) is 47.9 Å². The number of likely N-dealkylation sites (N-methyl/N-ethyl adjacent to an activating group) is 1. The molecule has 1 aliphatic carbocycles. The number of hydrogen-bond donors (Lipinski definition) is 2. The summed E-state index contributed by atoms with van der Waals surface area (Å²) in [5.74, 6) is 0.598. The number of aliphatic hydroxyl groups is 1. The number of fused-ring (bicyclic) bond motifs is 2. The van der Waals surface area contributed by atoms with Crippen molar-refractivity contribution >= 4 is 34.3 Å². The Labute approximate surface area is 221 Å². The summed E-state index contributed by atoms with van der Waals surface area (Å²) in [4.78, 5) is 26.1. The Kier molecular flexibility index (Phi) is 6.53. The molecule has 194 valence electrons. The van der Waals surface area contributed by atoms with Crippen LogP contribution < -0.4 is 10.2 Å². The number of hydrogen-bond acceptors (Lipinski definition) is 7. The van der Waals surface area contributed by atoms with Crippen LogP contribution >= 0.6 is 0 Å². The summed E-state index contributed by atoms with van der Waals surface area (Å²) in [6.07, 6.45) is 8.30. The van der Waals surface area contributed by atoms with Crippen LogP contribution in [0.4, 0.5) is 17.2 Å². The van der Waals surface area contributed by atoms with E-state index < -0.39 is 0 Å². The third kappa shape index (κ3) is 4.62. The molecule has 38 heavy (non-hydrogen) atoms. The molecular formula is C29H30N6O3. The molecule has 2 N–H and O–H groups in total. The van der Waals surface area contributed by atoms with Gasteiger partial charge in [0, 0.05) is 67.8 Å². The number of carbonyl (C=O) groups is 1. The summed E-state index contributed by atoms with van der Waals surface area (Å²) in [5.41, 5.74) is 7.34. The van der Waals surface area contributed by atoms with Crippen molar-refractivity contribution in [3.05, 3.63) is 78.3 Å². The monoisotopic (exact) mass is 510 g/mol. The lowest BCUT2D eigenvalue weighted by molar-refractivity contribution is -0.124. The predicted octanol–water partition coefficient (Wildman–Crippen LogP) is 3.37. The van der Waals surface area contributed by atoms with Crippen molar-refractivity contribution in [2.45, 2.75) is 6.42 Å². The van der Waals surface area contributed by atoms with Crippen molar-refractivity contribution < 1.29 is 14.6 Å². The maximum absolute atomic E-state index is 12.8. The van der Waals surface area contributed by atoms with E-state index in [0.717, 1.165) is 60.0 Å². The molecule has 0 atom stereocenters. The Balaban J connectivity index is 1.26. The summed E-state index contributed by atoms with van der Waals surface area (Å²) in [7, 11) is 1.71. The molecule has 0 radical (unpaired) electrons. The zero-order valence-corrected chi connectivity index (χ0v) is 21.3. The summed E-state index contributed by atoms with van der Waals surface area (Å²) < 4.78 is 7.43. The number of carbonyl (C=O) groups excluding carboxylic acids is 1. The first-order valence-electron chi connectivity index (χ1n) is 12.8. The average molecular weight is 511 g/mol. The van der Waals surface area contributed by atoms with Crippen LogP contribution in [0.1, 0.15) is 11.1 Å². The van der Waals surface area contributed by atoms with Crippen LogP contribution in [0, 0.1) is 0 Å². The van der Waals surface area contributed by atoms with Gasteiger partial charge in [0.25, 0.3) is 5.91 Å². The molecule has 0 unspecified atom stereocenters. The fraction of sp³-hybridized carbons (Fsp3) is 0.276. The van der Waals surface area contributed by atoms with Gasteiger partial charge in [0.1, 0.15) is 0 Å². The quantitative estimate of drug-likeness (QED) is 0.394. The van der Waals surface area contributed by atoms with Gasteiger partial charge in [0.15, 0.2) is 11.5 Å². The smallest absolute Gasteiger partial charge is 0.253 e. The molecule has 0 bridgehead atoms. The molecule has 0 spiro atoms. The van der Waals surface area contributed by atoms with Gasteiger partial charge in [-0.3, -0.25) is 4.79 Å². The van der Waals surface area contributed by atoms with Crippen molar-refractivity contribution in [3.63, 3.8) is 0 Å². The number of aliphatic hydroxyl groups excluding tert-OH is 1. The highest BCUT2D eigenvalue weighted by Gasteiger charge is 2.23. The topological polar surface area (TPSA) is 95.2 Å². The molecule has 1 aliphatic heterocycles. The van der Waals surface area contributed by atoms with Crippen LogP contribution in [0.25, 0.3) is 22.5 Å². The zero-order chi connectivity index (χ0) is 26.1. The van der Waals surface area contributed by atoms with Crippen molar-refractivity contribution in [2.75, 3.05) is 56.7 Å².